The Hall–Kier alpha value is 0.250. The predicted molar refractivity (Wildman–Crippen MR) is 47.4 cm³/mol. The second kappa shape index (κ2) is 3.59. The van der Waals surface area contributed by atoms with E-state index in [0.29, 0.717) is 11.4 Å². The minimum Gasteiger partial charge on any atom is -0.329 e. The highest BCUT2D eigenvalue weighted by Crippen LogP contribution is 2.12. The zero-order valence-corrected chi connectivity index (χ0v) is 8.44. The Morgan fingerprint density at radius 1 is 1.20 bits per heavy atom. The van der Waals surface area contributed by atoms with Crippen LogP contribution in [0, 0.1) is 0 Å². The van der Waals surface area contributed by atoms with Crippen molar-refractivity contribution < 1.29 is 4.48 Å². The molecule has 0 spiro atoms. The van der Waals surface area contributed by atoms with Gasteiger partial charge in [-0.2, -0.15) is 0 Å². The van der Waals surface area contributed by atoms with E-state index in [4.69, 9.17) is 11.6 Å². The quantitative estimate of drug-likeness (QED) is 0.443. The lowest BCUT2D eigenvalue weighted by molar-refractivity contribution is -0.894. The minimum absolute atomic E-state index is 0.298. The zero-order valence-electron chi connectivity index (χ0n) is 7.69. The number of rotatable bonds is 3. The predicted octanol–water partition coefficient (Wildman–Crippen LogP) is 2.10. The molecule has 0 N–H and O–H groups in total. The lowest BCUT2D eigenvalue weighted by Gasteiger charge is -2.32. The van der Waals surface area contributed by atoms with Crippen LogP contribution in [0.5, 0.6) is 0 Å². The van der Waals surface area contributed by atoms with Gasteiger partial charge in [0.1, 0.15) is 0 Å². The molecule has 0 rings (SSSR count). The molecular weight excluding hydrogens is 146 g/mol. The minimum atomic E-state index is 0.298. The van der Waals surface area contributed by atoms with Crippen molar-refractivity contribution in [3.63, 3.8) is 0 Å². The first-order chi connectivity index (χ1) is 4.34. The summed E-state index contributed by atoms with van der Waals surface area (Å²) in [5, 5.41) is 0.298. The maximum absolute atomic E-state index is 5.87. The van der Waals surface area contributed by atoms with Crippen LogP contribution in [0.4, 0.5) is 0 Å². The number of halogens is 1. The normalized spacial score (nSPS) is 18.6. The van der Waals surface area contributed by atoms with Crippen molar-refractivity contribution >= 4 is 11.6 Å². The van der Waals surface area contributed by atoms with Crippen LogP contribution in [0.25, 0.3) is 0 Å². The molecule has 0 aliphatic rings. The molecule has 0 saturated carbocycles. The molecule has 0 aliphatic carbocycles. The summed E-state index contributed by atoms with van der Waals surface area (Å²) in [5.74, 6) is 0. The van der Waals surface area contributed by atoms with E-state index in [0.717, 1.165) is 10.9 Å². The first kappa shape index (κ1) is 10.2. The van der Waals surface area contributed by atoms with E-state index < -0.39 is 0 Å². The monoisotopic (exact) mass is 164 g/mol. The lowest BCUT2D eigenvalue weighted by Crippen LogP contribution is -2.44. The molecule has 0 heterocycles. The zero-order chi connectivity index (χ0) is 8.36. The van der Waals surface area contributed by atoms with Crippen molar-refractivity contribution in [3.05, 3.63) is 0 Å². The van der Waals surface area contributed by atoms with Gasteiger partial charge in [0.25, 0.3) is 0 Å². The summed E-state index contributed by atoms with van der Waals surface area (Å²) in [5.41, 5.74) is 0. The second-order valence-corrected chi connectivity index (χ2v) is 4.73. The fraction of sp³-hybridized carbons (Fsp3) is 1.00. The lowest BCUT2D eigenvalue weighted by atomic mass is 10.1. The maximum atomic E-state index is 5.87. The molecule has 0 aliphatic heterocycles. The van der Waals surface area contributed by atoms with Crippen LogP contribution in [-0.4, -0.2) is 37.0 Å². The molecule has 0 bridgehead atoms. The SMILES string of the molecule is CC(Cl)CC(C)[N+](C)(C)C. The Morgan fingerprint density at radius 2 is 1.60 bits per heavy atom. The van der Waals surface area contributed by atoms with E-state index in [2.05, 4.69) is 28.1 Å². The third kappa shape index (κ3) is 4.13. The Labute approximate surface area is 69.6 Å². The van der Waals surface area contributed by atoms with Crippen molar-refractivity contribution in [2.24, 2.45) is 0 Å². The smallest absolute Gasteiger partial charge is 0.0869 e. The van der Waals surface area contributed by atoms with Gasteiger partial charge in [-0.15, -0.1) is 11.6 Å². The molecule has 0 aromatic carbocycles. The number of nitrogens with zero attached hydrogens (tertiary/aromatic N) is 1. The fourth-order valence-electron chi connectivity index (χ4n) is 0.786. The maximum Gasteiger partial charge on any atom is 0.0869 e. The van der Waals surface area contributed by atoms with E-state index in [9.17, 15) is 0 Å². The molecule has 0 saturated heterocycles. The van der Waals surface area contributed by atoms with Gasteiger partial charge < -0.3 is 4.48 Å². The molecule has 2 atom stereocenters. The van der Waals surface area contributed by atoms with Crippen LogP contribution >= 0.6 is 11.6 Å². The Morgan fingerprint density at radius 3 is 1.70 bits per heavy atom. The van der Waals surface area contributed by atoms with Gasteiger partial charge in [-0.3, -0.25) is 0 Å². The highest BCUT2D eigenvalue weighted by molar-refractivity contribution is 6.20. The highest BCUT2D eigenvalue weighted by atomic mass is 35.5. The summed E-state index contributed by atoms with van der Waals surface area (Å²) in [6.07, 6.45) is 1.09. The van der Waals surface area contributed by atoms with E-state index in [1.807, 2.05) is 6.92 Å². The molecule has 2 heteroatoms. The van der Waals surface area contributed by atoms with Crippen molar-refractivity contribution in [1.82, 2.24) is 0 Å². The summed E-state index contributed by atoms with van der Waals surface area (Å²) >= 11 is 5.87. The van der Waals surface area contributed by atoms with Crippen LogP contribution < -0.4 is 0 Å². The first-order valence-corrected chi connectivity index (χ1v) is 4.23. The second-order valence-electron chi connectivity index (χ2n) is 3.98. The van der Waals surface area contributed by atoms with Crippen LogP contribution in [0.15, 0.2) is 0 Å². The first-order valence-electron chi connectivity index (χ1n) is 3.79. The highest BCUT2D eigenvalue weighted by Gasteiger charge is 2.19. The van der Waals surface area contributed by atoms with E-state index in [1.54, 1.807) is 0 Å². The number of alkyl halides is 1. The molecule has 0 radical (unpaired) electrons. The van der Waals surface area contributed by atoms with Crippen molar-refractivity contribution in [2.75, 3.05) is 21.1 Å². The molecule has 0 fully saturated rings. The summed E-state index contributed by atoms with van der Waals surface area (Å²) in [7, 11) is 6.60. The van der Waals surface area contributed by atoms with Gasteiger partial charge >= 0.3 is 0 Å². The average molecular weight is 165 g/mol. The summed E-state index contributed by atoms with van der Waals surface area (Å²) in [6.45, 7) is 4.28. The number of hydrogen-bond acceptors (Lipinski definition) is 0. The molecule has 0 amide bonds. The average Bonchev–Trinajstić information content (AvgIpc) is 1.60. The molecule has 10 heavy (non-hydrogen) atoms. The van der Waals surface area contributed by atoms with Crippen molar-refractivity contribution in [2.45, 2.75) is 31.7 Å². The summed E-state index contributed by atoms with van der Waals surface area (Å²) in [4.78, 5) is 0. The van der Waals surface area contributed by atoms with E-state index in [-0.39, 0.29) is 0 Å². The Balaban J connectivity index is 3.73. The topological polar surface area (TPSA) is 0 Å². The summed E-state index contributed by atoms with van der Waals surface area (Å²) in [6, 6.07) is 0.646. The Kier molecular flexibility index (Phi) is 3.68. The van der Waals surface area contributed by atoms with Gasteiger partial charge in [-0.05, 0) is 13.8 Å². The molecule has 2 unspecified atom stereocenters. The van der Waals surface area contributed by atoms with Gasteiger partial charge in [0.05, 0.1) is 27.2 Å². The summed E-state index contributed by atoms with van der Waals surface area (Å²) < 4.78 is 0.997. The standard InChI is InChI=1S/C8H19ClN/c1-7(9)6-8(2)10(3,4)5/h7-8H,6H2,1-5H3/q+1. The molecule has 62 valence electrons. The van der Waals surface area contributed by atoms with Crippen molar-refractivity contribution in [1.29, 1.82) is 0 Å². The van der Waals surface area contributed by atoms with Gasteiger partial charge in [0, 0.05) is 11.8 Å². The van der Waals surface area contributed by atoms with Crippen molar-refractivity contribution in [3.8, 4) is 0 Å². The van der Waals surface area contributed by atoms with Gasteiger partial charge in [-0.25, -0.2) is 0 Å². The fourth-order valence-corrected chi connectivity index (χ4v) is 1.04. The largest absolute Gasteiger partial charge is 0.329 e. The third-order valence-electron chi connectivity index (χ3n) is 1.99. The van der Waals surface area contributed by atoms with E-state index >= 15 is 0 Å². The molecule has 0 aromatic heterocycles. The molecule has 1 nitrogen and oxygen atoms in total. The van der Waals surface area contributed by atoms with Gasteiger partial charge in [0.2, 0.25) is 0 Å². The Bertz CT molecular complexity index is 93.9. The van der Waals surface area contributed by atoms with Crippen LogP contribution in [-0.2, 0) is 0 Å². The van der Waals surface area contributed by atoms with Gasteiger partial charge in [0.15, 0.2) is 0 Å². The van der Waals surface area contributed by atoms with E-state index in [1.165, 1.54) is 0 Å². The van der Waals surface area contributed by atoms with Crippen LogP contribution in [0.3, 0.4) is 0 Å². The number of hydrogen-bond donors (Lipinski definition) is 0. The van der Waals surface area contributed by atoms with Crippen LogP contribution in [0.2, 0.25) is 0 Å². The number of quaternary nitrogens is 1. The van der Waals surface area contributed by atoms with Gasteiger partial charge in [-0.1, -0.05) is 0 Å². The molecular formula is C8H19ClN+. The third-order valence-corrected chi connectivity index (χ3v) is 2.17. The molecule has 0 aromatic rings. The van der Waals surface area contributed by atoms with Crippen LogP contribution in [0.1, 0.15) is 20.3 Å².